The summed E-state index contributed by atoms with van der Waals surface area (Å²) in [6, 6.07) is 27.7. The normalized spacial score (nSPS) is 12.8. The highest BCUT2D eigenvalue weighted by molar-refractivity contribution is 5.81. The predicted molar refractivity (Wildman–Crippen MR) is 115 cm³/mol. The van der Waals surface area contributed by atoms with E-state index in [2.05, 4.69) is 57.2 Å². The lowest BCUT2D eigenvalue weighted by Gasteiger charge is -2.20. The van der Waals surface area contributed by atoms with Crippen LogP contribution >= 0.6 is 0 Å². The topological polar surface area (TPSA) is 72.7 Å². The van der Waals surface area contributed by atoms with Gasteiger partial charge in [0.2, 0.25) is 5.91 Å². The minimum Gasteiger partial charge on any atom is -0.348 e. The third-order valence-corrected chi connectivity index (χ3v) is 5.14. The van der Waals surface area contributed by atoms with Crippen LogP contribution in [-0.2, 0) is 11.2 Å². The van der Waals surface area contributed by atoms with Gasteiger partial charge < -0.3 is 5.32 Å². The van der Waals surface area contributed by atoms with E-state index in [4.69, 9.17) is 0 Å². The largest absolute Gasteiger partial charge is 0.348 e. The van der Waals surface area contributed by atoms with Gasteiger partial charge >= 0.3 is 0 Å². The minimum absolute atomic E-state index is 0.120. The second-order valence-corrected chi connectivity index (χ2v) is 7.21. The molecular formula is C24H23N5O. The second-order valence-electron chi connectivity index (χ2n) is 7.21. The Morgan fingerprint density at radius 3 is 2.17 bits per heavy atom. The zero-order chi connectivity index (χ0) is 20.8. The van der Waals surface area contributed by atoms with Gasteiger partial charge in [-0.15, -0.1) is 5.10 Å². The van der Waals surface area contributed by atoms with Gasteiger partial charge in [0, 0.05) is 6.42 Å². The van der Waals surface area contributed by atoms with Crippen LogP contribution in [0.1, 0.15) is 30.1 Å². The van der Waals surface area contributed by atoms with E-state index >= 15 is 0 Å². The molecule has 0 saturated heterocycles. The standard InChI is InChI=1S/C24H23N5O/c1-18(20-12-14-22(15-13-20)21-10-6-3-7-11-21)26-24(30)23(29-17-25-27-28-29)16-19-8-4-2-5-9-19/h2-15,17-18,23H,16H2,1H3,(H,26,30)/t18-,23-/m0/s1. The molecule has 4 rings (SSSR count). The summed E-state index contributed by atoms with van der Waals surface area (Å²) < 4.78 is 1.51. The molecule has 0 spiro atoms. The molecule has 3 aromatic carbocycles. The number of carbonyl (C=O) groups excluding carboxylic acids is 1. The Hall–Kier alpha value is -3.80. The molecule has 150 valence electrons. The zero-order valence-electron chi connectivity index (χ0n) is 16.7. The van der Waals surface area contributed by atoms with Crippen LogP contribution < -0.4 is 5.32 Å². The van der Waals surface area contributed by atoms with Gasteiger partial charge in [0.1, 0.15) is 12.4 Å². The number of nitrogens with one attached hydrogen (secondary N) is 1. The Bertz CT molecular complexity index is 1060. The highest BCUT2D eigenvalue weighted by Crippen LogP contribution is 2.22. The van der Waals surface area contributed by atoms with Gasteiger partial charge in [-0.3, -0.25) is 4.79 Å². The Labute approximate surface area is 175 Å². The number of tetrazole rings is 1. The van der Waals surface area contributed by atoms with Crippen LogP contribution in [0.25, 0.3) is 11.1 Å². The lowest BCUT2D eigenvalue weighted by Crippen LogP contribution is -2.35. The lowest BCUT2D eigenvalue weighted by molar-refractivity contribution is -0.125. The van der Waals surface area contributed by atoms with Crippen molar-refractivity contribution in [1.82, 2.24) is 25.5 Å². The van der Waals surface area contributed by atoms with Gasteiger partial charge in [-0.05, 0) is 39.6 Å². The van der Waals surface area contributed by atoms with E-state index in [1.165, 1.54) is 16.6 Å². The molecule has 1 amide bonds. The molecular weight excluding hydrogens is 374 g/mol. The summed E-state index contributed by atoms with van der Waals surface area (Å²) in [6.07, 6.45) is 1.99. The first kappa shape index (κ1) is 19.5. The summed E-state index contributed by atoms with van der Waals surface area (Å²) in [6.45, 7) is 1.98. The van der Waals surface area contributed by atoms with E-state index < -0.39 is 6.04 Å². The summed E-state index contributed by atoms with van der Waals surface area (Å²) in [5, 5.41) is 14.5. The smallest absolute Gasteiger partial charge is 0.245 e. The van der Waals surface area contributed by atoms with Gasteiger partial charge in [0.15, 0.2) is 0 Å². The average molecular weight is 397 g/mol. The van der Waals surface area contributed by atoms with Crippen molar-refractivity contribution < 1.29 is 4.79 Å². The highest BCUT2D eigenvalue weighted by atomic mass is 16.2. The Morgan fingerprint density at radius 2 is 1.53 bits per heavy atom. The molecule has 1 aromatic heterocycles. The average Bonchev–Trinajstić information content (AvgIpc) is 3.33. The fourth-order valence-electron chi connectivity index (χ4n) is 3.44. The van der Waals surface area contributed by atoms with Crippen molar-refractivity contribution in [3.05, 3.63) is 102 Å². The molecule has 6 heteroatoms. The van der Waals surface area contributed by atoms with Crippen LogP contribution in [0.5, 0.6) is 0 Å². The summed E-state index contributed by atoms with van der Waals surface area (Å²) in [7, 11) is 0. The first-order valence-corrected chi connectivity index (χ1v) is 9.93. The SMILES string of the molecule is C[C@H](NC(=O)[C@H](Cc1ccccc1)n1cnnn1)c1ccc(-c2ccccc2)cc1. The number of hydrogen-bond acceptors (Lipinski definition) is 4. The Morgan fingerprint density at radius 1 is 0.900 bits per heavy atom. The van der Waals surface area contributed by atoms with Gasteiger partial charge in [-0.1, -0.05) is 84.9 Å². The molecule has 1 heterocycles. The van der Waals surface area contributed by atoms with E-state index in [-0.39, 0.29) is 11.9 Å². The molecule has 1 N–H and O–H groups in total. The fraction of sp³-hybridized carbons (Fsp3) is 0.167. The van der Waals surface area contributed by atoms with Crippen LogP contribution in [0.4, 0.5) is 0 Å². The zero-order valence-corrected chi connectivity index (χ0v) is 16.7. The van der Waals surface area contributed by atoms with Gasteiger partial charge in [-0.2, -0.15) is 0 Å². The lowest BCUT2D eigenvalue weighted by atomic mass is 10.0. The maximum atomic E-state index is 13.1. The van der Waals surface area contributed by atoms with Crippen LogP contribution in [0.2, 0.25) is 0 Å². The third kappa shape index (κ3) is 4.60. The van der Waals surface area contributed by atoms with Gasteiger partial charge in [0.05, 0.1) is 6.04 Å². The molecule has 0 radical (unpaired) electrons. The molecule has 4 aromatic rings. The van der Waals surface area contributed by atoms with Crippen molar-refractivity contribution in [3.8, 4) is 11.1 Å². The fourth-order valence-corrected chi connectivity index (χ4v) is 3.44. The molecule has 0 bridgehead atoms. The van der Waals surface area contributed by atoms with E-state index in [0.717, 1.165) is 16.7 Å². The number of amides is 1. The van der Waals surface area contributed by atoms with Gasteiger partial charge in [0.25, 0.3) is 0 Å². The maximum Gasteiger partial charge on any atom is 0.245 e. The summed E-state index contributed by atoms with van der Waals surface area (Å²) in [4.78, 5) is 13.1. The van der Waals surface area contributed by atoms with Crippen LogP contribution in [0.15, 0.2) is 91.3 Å². The van der Waals surface area contributed by atoms with E-state index in [9.17, 15) is 4.79 Å². The van der Waals surface area contributed by atoms with Crippen molar-refractivity contribution in [2.24, 2.45) is 0 Å². The third-order valence-electron chi connectivity index (χ3n) is 5.14. The van der Waals surface area contributed by atoms with E-state index in [1.54, 1.807) is 0 Å². The van der Waals surface area contributed by atoms with Crippen molar-refractivity contribution in [3.63, 3.8) is 0 Å². The summed E-state index contributed by atoms with van der Waals surface area (Å²) in [5.41, 5.74) is 4.40. The molecule has 0 aliphatic heterocycles. The first-order chi connectivity index (χ1) is 14.7. The Kier molecular flexibility index (Phi) is 5.94. The van der Waals surface area contributed by atoms with Crippen LogP contribution in [-0.4, -0.2) is 26.1 Å². The molecule has 6 nitrogen and oxygen atoms in total. The van der Waals surface area contributed by atoms with E-state index in [1.807, 2.05) is 55.5 Å². The van der Waals surface area contributed by atoms with Gasteiger partial charge in [-0.25, -0.2) is 4.68 Å². The quantitative estimate of drug-likeness (QED) is 0.512. The molecule has 30 heavy (non-hydrogen) atoms. The van der Waals surface area contributed by atoms with Crippen LogP contribution in [0, 0.1) is 0 Å². The van der Waals surface area contributed by atoms with Crippen molar-refractivity contribution in [2.75, 3.05) is 0 Å². The van der Waals surface area contributed by atoms with Crippen molar-refractivity contribution >= 4 is 5.91 Å². The monoisotopic (exact) mass is 397 g/mol. The molecule has 0 aliphatic rings. The number of aromatic nitrogens is 4. The molecule has 0 saturated carbocycles. The predicted octanol–water partition coefficient (Wildman–Crippen LogP) is 4.00. The maximum absolute atomic E-state index is 13.1. The van der Waals surface area contributed by atoms with E-state index in [0.29, 0.717) is 6.42 Å². The molecule has 0 unspecified atom stereocenters. The number of carbonyl (C=O) groups is 1. The highest BCUT2D eigenvalue weighted by Gasteiger charge is 2.24. The van der Waals surface area contributed by atoms with Crippen LogP contribution in [0.3, 0.4) is 0 Å². The summed E-state index contributed by atoms with van der Waals surface area (Å²) in [5.74, 6) is -0.120. The molecule has 2 atom stereocenters. The number of hydrogen-bond donors (Lipinski definition) is 1. The summed E-state index contributed by atoms with van der Waals surface area (Å²) >= 11 is 0. The first-order valence-electron chi connectivity index (χ1n) is 9.93. The van der Waals surface area contributed by atoms with Crippen molar-refractivity contribution in [2.45, 2.75) is 25.4 Å². The van der Waals surface area contributed by atoms with Crippen molar-refractivity contribution in [1.29, 1.82) is 0 Å². The minimum atomic E-state index is -0.520. The molecule has 0 aliphatic carbocycles. The Balaban J connectivity index is 1.48. The number of benzene rings is 3. The second kappa shape index (κ2) is 9.13. The number of rotatable bonds is 7. The number of nitrogens with zero attached hydrogens (tertiary/aromatic N) is 4. The molecule has 0 fully saturated rings.